The molecule has 0 N–H and O–H groups in total. The largest absolute Gasteiger partial charge is 0.488 e. The zero-order chi connectivity index (χ0) is 19.6. The summed E-state index contributed by atoms with van der Waals surface area (Å²) in [6.45, 7) is 4.08. The summed E-state index contributed by atoms with van der Waals surface area (Å²) in [5.41, 5.74) is 1.81. The first-order chi connectivity index (χ1) is 12.8. The van der Waals surface area contributed by atoms with E-state index in [2.05, 4.69) is 38.5 Å². The van der Waals surface area contributed by atoms with Crippen molar-refractivity contribution in [3.8, 4) is 5.75 Å². The average molecular weight is 558 g/mol. The molecular formula is C20H17BrINO3S. The van der Waals surface area contributed by atoms with Crippen LogP contribution in [0.15, 0.2) is 51.8 Å². The molecule has 1 heterocycles. The topological polar surface area (TPSA) is 46.6 Å². The number of hydrogen-bond acceptors (Lipinski definition) is 4. The molecule has 0 unspecified atom stereocenters. The van der Waals surface area contributed by atoms with Crippen molar-refractivity contribution in [1.82, 2.24) is 4.90 Å². The summed E-state index contributed by atoms with van der Waals surface area (Å²) < 4.78 is 8.02. The van der Waals surface area contributed by atoms with Gasteiger partial charge in [0.1, 0.15) is 12.4 Å². The fraction of sp³-hybridized carbons (Fsp3) is 0.200. The molecule has 0 aromatic heterocycles. The summed E-state index contributed by atoms with van der Waals surface area (Å²) in [6, 6.07) is 13.6. The van der Waals surface area contributed by atoms with E-state index in [1.54, 1.807) is 6.08 Å². The molecule has 1 fully saturated rings. The van der Waals surface area contributed by atoms with E-state index in [4.69, 9.17) is 4.74 Å². The Kier molecular flexibility index (Phi) is 6.65. The van der Waals surface area contributed by atoms with Gasteiger partial charge in [0.2, 0.25) is 0 Å². The number of rotatable bonds is 5. The first-order valence-electron chi connectivity index (χ1n) is 8.29. The molecule has 2 aromatic carbocycles. The molecule has 4 nitrogen and oxygen atoms in total. The number of halogens is 2. The maximum Gasteiger partial charge on any atom is 0.293 e. The molecular weight excluding hydrogens is 541 g/mol. The van der Waals surface area contributed by atoms with Crippen molar-refractivity contribution in [1.29, 1.82) is 0 Å². The number of carbonyl (C=O) groups is 2. The van der Waals surface area contributed by atoms with E-state index in [-0.39, 0.29) is 17.2 Å². The summed E-state index contributed by atoms with van der Waals surface area (Å²) in [4.78, 5) is 26.3. The van der Waals surface area contributed by atoms with Gasteiger partial charge in [-0.05, 0) is 90.2 Å². The molecule has 7 heteroatoms. The molecule has 0 atom stereocenters. The summed E-state index contributed by atoms with van der Waals surface area (Å²) in [5, 5.41) is -0.238. The average Bonchev–Trinajstić information content (AvgIpc) is 2.89. The number of thioether (sulfide) groups is 1. The van der Waals surface area contributed by atoms with Crippen LogP contribution in [0, 0.1) is 3.57 Å². The van der Waals surface area contributed by atoms with Crippen LogP contribution in [0.5, 0.6) is 5.75 Å². The van der Waals surface area contributed by atoms with Gasteiger partial charge in [-0.3, -0.25) is 14.5 Å². The van der Waals surface area contributed by atoms with Gasteiger partial charge in [-0.25, -0.2) is 0 Å². The van der Waals surface area contributed by atoms with Gasteiger partial charge in [-0.2, -0.15) is 0 Å². The number of carbonyl (C=O) groups excluding carboxylic acids is 2. The lowest BCUT2D eigenvalue weighted by molar-refractivity contribution is -0.123. The SMILES string of the molecule is CC(C)N1C(=O)S/C(=C/c2cc(Br)ccc2OCc2ccc(I)cc2)C1=O. The summed E-state index contributed by atoms with van der Waals surface area (Å²) in [5.74, 6) is 0.400. The van der Waals surface area contributed by atoms with Gasteiger partial charge in [0.15, 0.2) is 0 Å². The molecule has 27 heavy (non-hydrogen) atoms. The number of nitrogens with zero attached hydrogens (tertiary/aromatic N) is 1. The van der Waals surface area contributed by atoms with Gasteiger partial charge in [0.25, 0.3) is 11.1 Å². The van der Waals surface area contributed by atoms with Gasteiger partial charge >= 0.3 is 0 Å². The van der Waals surface area contributed by atoms with Gasteiger partial charge in [0.05, 0.1) is 4.91 Å². The van der Waals surface area contributed by atoms with Crippen LogP contribution in [0.1, 0.15) is 25.0 Å². The lowest BCUT2D eigenvalue weighted by Gasteiger charge is -2.16. The number of amides is 2. The number of imide groups is 1. The molecule has 3 rings (SSSR count). The van der Waals surface area contributed by atoms with Crippen molar-refractivity contribution >= 4 is 67.5 Å². The van der Waals surface area contributed by atoms with Crippen molar-refractivity contribution in [2.75, 3.05) is 0 Å². The Bertz CT molecular complexity index is 912. The van der Waals surface area contributed by atoms with E-state index in [1.165, 1.54) is 8.47 Å². The number of ether oxygens (including phenoxy) is 1. The maximum atomic E-state index is 12.5. The predicted octanol–water partition coefficient (Wildman–Crippen LogP) is 6.08. The van der Waals surface area contributed by atoms with Crippen LogP contribution in [-0.4, -0.2) is 22.1 Å². The second-order valence-electron chi connectivity index (χ2n) is 6.24. The highest BCUT2D eigenvalue weighted by atomic mass is 127. The second-order valence-corrected chi connectivity index (χ2v) is 9.40. The van der Waals surface area contributed by atoms with Gasteiger partial charge in [0, 0.05) is 19.6 Å². The first kappa shape index (κ1) is 20.4. The van der Waals surface area contributed by atoms with Gasteiger partial charge in [-0.1, -0.05) is 28.1 Å². The van der Waals surface area contributed by atoms with E-state index in [0.29, 0.717) is 17.3 Å². The maximum absolute atomic E-state index is 12.5. The molecule has 0 aliphatic carbocycles. The fourth-order valence-electron chi connectivity index (χ4n) is 2.57. The third-order valence-electron chi connectivity index (χ3n) is 3.91. The molecule has 0 radical (unpaired) electrons. The highest BCUT2D eigenvalue weighted by molar-refractivity contribution is 14.1. The first-order valence-corrected chi connectivity index (χ1v) is 11.0. The molecule has 1 aliphatic heterocycles. The second kappa shape index (κ2) is 8.79. The monoisotopic (exact) mass is 557 g/mol. The highest BCUT2D eigenvalue weighted by Gasteiger charge is 2.36. The van der Waals surface area contributed by atoms with Gasteiger partial charge in [-0.15, -0.1) is 0 Å². The van der Waals surface area contributed by atoms with Crippen LogP contribution < -0.4 is 4.74 Å². The fourth-order valence-corrected chi connectivity index (χ4v) is 4.26. The standard InChI is InChI=1S/C20H17BrINO3S/c1-12(2)23-19(24)18(27-20(23)25)10-14-9-15(21)5-8-17(14)26-11-13-3-6-16(22)7-4-13/h3-10,12H,11H2,1-2H3/b18-10+. The van der Waals surface area contributed by atoms with Crippen LogP contribution in [0.4, 0.5) is 4.79 Å². The predicted molar refractivity (Wildman–Crippen MR) is 121 cm³/mol. The lowest BCUT2D eigenvalue weighted by Crippen LogP contribution is -2.34. The van der Waals surface area contributed by atoms with Gasteiger partial charge < -0.3 is 4.74 Å². The normalized spacial score (nSPS) is 15.9. The molecule has 1 saturated heterocycles. The molecule has 2 amide bonds. The molecule has 0 spiro atoms. The Hall–Kier alpha value is -1.32. The lowest BCUT2D eigenvalue weighted by atomic mass is 10.1. The Morgan fingerprint density at radius 2 is 1.89 bits per heavy atom. The Morgan fingerprint density at radius 1 is 1.19 bits per heavy atom. The van der Waals surface area contributed by atoms with E-state index < -0.39 is 0 Å². The minimum Gasteiger partial charge on any atom is -0.488 e. The van der Waals surface area contributed by atoms with Crippen LogP contribution >= 0.6 is 50.3 Å². The van der Waals surface area contributed by atoms with Crippen molar-refractivity contribution in [2.24, 2.45) is 0 Å². The Morgan fingerprint density at radius 3 is 2.52 bits per heavy atom. The van der Waals surface area contributed by atoms with E-state index in [1.807, 2.05) is 56.3 Å². The molecule has 0 bridgehead atoms. The summed E-state index contributed by atoms with van der Waals surface area (Å²) in [7, 11) is 0. The number of benzene rings is 2. The van der Waals surface area contributed by atoms with Crippen molar-refractivity contribution in [3.05, 3.63) is 66.5 Å². The molecule has 2 aromatic rings. The van der Waals surface area contributed by atoms with Crippen molar-refractivity contribution in [3.63, 3.8) is 0 Å². The van der Waals surface area contributed by atoms with Crippen LogP contribution in [-0.2, 0) is 11.4 Å². The van der Waals surface area contributed by atoms with Crippen LogP contribution in [0.2, 0.25) is 0 Å². The van der Waals surface area contributed by atoms with Crippen molar-refractivity contribution in [2.45, 2.75) is 26.5 Å². The Labute approximate surface area is 184 Å². The number of hydrogen-bond donors (Lipinski definition) is 0. The molecule has 1 aliphatic rings. The van der Waals surface area contributed by atoms with E-state index >= 15 is 0 Å². The third kappa shape index (κ3) is 4.94. The minimum atomic E-state index is -0.261. The zero-order valence-electron chi connectivity index (χ0n) is 14.7. The summed E-state index contributed by atoms with van der Waals surface area (Å²) in [6.07, 6.45) is 1.72. The smallest absolute Gasteiger partial charge is 0.293 e. The van der Waals surface area contributed by atoms with Crippen LogP contribution in [0.3, 0.4) is 0 Å². The zero-order valence-corrected chi connectivity index (χ0v) is 19.3. The highest BCUT2D eigenvalue weighted by Crippen LogP contribution is 2.36. The summed E-state index contributed by atoms with van der Waals surface area (Å²) >= 11 is 6.68. The third-order valence-corrected chi connectivity index (χ3v) is 6.00. The Balaban J connectivity index is 1.85. The quantitative estimate of drug-likeness (QED) is 0.330. The minimum absolute atomic E-state index is 0.164. The van der Waals surface area contributed by atoms with Crippen LogP contribution in [0.25, 0.3) is 6.08 Å². The molecule has 0 saturated carbocycles. The van der Waals surface area contributed by atoms with E-state index in [9.17, 15) is 9.59 Å². The van der Waals surface area contributed by atoms with Crippen molar-refractivity contribution < 1.29 is 14.3 Å². The van der Waals surface area contributed by atoms with E-state index in [0.717, 1.165) is 27.4 Å². The molecule has 140 valence electrons.